The van der Waals surface area contributed by atoms with Crippen LogP contribution in [-0.4, -0.2) is 62.9 Å². The Morgan fingerprint density at radius 3 is 2.31 bits per heavy atom. The highest BCUT2D eigenvalue weighted by Gasteiger charge is 2.20. The van der Waals surface area contributed by atoms with E-state index in [2.05, 4.69) is 20.9 Å². The first-order chi connectivity index (χ1) is 13.1. The normalized spacial score (nSPS) is 11.3. The van der Waals surface area contributed by atoms with Crippen molar-refractivity contribution < 1.29 is 9.59 Å². The Morgan fingerprint density at radius 1 is 1.07 bits per heavy atom. The van der Waals surface area contributed by atoms with Gasteiger partial charge in [-0.3, -0.25) is 14.6 Å². The van der Waals surface area contributed by atoms with Crippen LogP contribution >= 0.6 is 24.0 Å². The lowest BCUT2D eigenvalue weighted by molar-refractivity contribution is -0.128. The summed E-state index contributed by atoms with van der Waals surface area (Å²) in [6.45, 7) is 10.2. The summed E-state index contributed by atoms with van der Waals surface area (Å²) in [4.78, 5) is 30.1. The molecule has 7 nitrogen and oxygen atoms in total. The Hall–Kier alpha value is -1.84. The van der Waals surface area contributed by atoms with Gasteiger partial charge in [0.05, 0.1) is 0 Å². The second-order valence-corrected chi connectivity index (χ2v) is 7.84. The standard InChI is InChI=1S/C21H35N5O2.HI/c1-7-22-20(25-14-13-23-19(28)21(2,3)4)24-12-11-16-9-8-10-17(15-16)18(27)26(5)6;/h8-10,15H,7,11-14H2,1-6H3,(H,23,28)(H2,22,24,25);1H. The predicted molar refractivity (Wildman–Crippen MR) is 130 cm³/mol. The molecule has 0 saturated carbocycles. The van der Waals surface area contributed by atoms with Crippen LogP contribution in [0.1, 0.15) is 43.6 Å². The van der Waals surface area contributed by atoms with E-state index in [1.807, 2.05) is 52.0 Å². The van der Waals surface area contributed by atoms with Crippen LogP contribution in [-0.2, 0) is 11.2 Å². The van der Waals surface area contributed by atoms with Gasteiger partial charge in [0.2, 0.25) is 5.91 Å². The highest BCUT2D eigenvalue weighted by molar-refractivity contribution is 14.0. The van der Waals surface area contributed by atoms with Gasteiger partial charge in [0, 0.05) is 51.3 Å². The zero-order valence-electron chi connectivity index (χ0n) is 18.5. The fraction of sp³-hybridized carbons (Fsp3) is 0.571. The van der Waals surface area contributed by atoms with Crippen molar-refractivity contribution in [2.24, 2.45) is 10.4 Å². The van der Waals surface area contributed by atoms with Crippen LogP contribution in [0.25, 0.3) is 0 Å². The van der Waals surface area contributed by atoms with Crippen molar-refractivity contribution in [1.82, 2.24) is 20.9 Å². The van der Waals surface area contributed by atoms with Crippen LogP contribution < -0.4 is 16.0 Å². The quantitative estimate of drug-likeness (QED) is 0.214. The van der Waals surface area contributed by atoms with E-state index >= 15 is 0 Å². The molecule has 164 valence electrons. The predicted octanol–water partition coefficient (Wildman–Crippen LogP) is 2.27. The third-order valence-corrected chi connectivity index (χ3v) is 3.98. The summed E-state index contributed by atoms with van der Waals surface area (Å²) >= 11 is 0. The highest BCUT2D eigenvalue weighted by atomic mass is 127. The molecule has 0 spiro atoms. The van der Waals surface area contributed by atoms with Crippen molar-refractivity contribution in [3.05, 3.63) is 35.4 Å². The smallest absolute Gasteiger partial charge is 0.253 e. The molecule has 0 aliphatic heterocycles. The molecule has 1 aromatic carbocycles. The lowest BCUT2D eigenvalue weighted by Crippen LogP contribution is -2.43. The second-order valence-electron chi connectivity index (χ2n) is 7.84. The van der Waals surface area contributed by atoms with Crippen LogP contribution in [0.2, 0.25) is 0 Å². The Kier molecular flexibility index (Phi) is 12.5. The van der Waals surface area contributed by atoms with Gasteiger partial charge in [0.1, 0.15) is 0 Å². The van der Waals surface area contributed by atoms with Crippen molar-refractivity contribution >= 4 is 41.8 Å². The zero-order valence-corrected chi connectivity index (χ0v) is 20.8. The molecule has 0 aromatic heterocycles. The molecular formula is C21H36IN5O2. The third-order valence-electron chi connectivity index (χ3n) is 3.98. The van der Waals surface area contributed by atoms with E-state index < -0.39 is 0 Å². The maximum absolute atomic E-state index is 12.1. The lowest BCUT2D eigenvalue weighted by Gasteiger charge is -2.18. The van der Waals surface area contributed by atoms with E-state index in [0.29, 0.717) is 31.2 Å². The van der Waals surface area contributed by atoms with Gasteiger partial charge in [-0.05, 0) is 31.0 Å². The van der Waals surface area contributed by atoms with E-state index in [0.717, 1.165) is 18.5 Å². The Bertz CT molecular complexity index is 684. The Morgan fingerprint density at radius 2 is 1.72 bits per heavy atom. The molecule has 0 unspecified atom stereocenters. The van der Waals surface area contributed by atoms with Crippen LogP contribution in [0.3, 0.4) is 0 Å². The van der Waals surface area contributed by atoms with Gasteiger partial charge in [-0.15, -0.1) is 24.0 Å². The fourth-order valence-corrected chi connectivity index (χ4v) is 2.38. The van der Waals surface area contributed by atoms with Crippen LogP contribution in [0.15, 0.2) is 29.3 Å². The average molecular weight is 517 g/mol. The fourth-order valence-electron chi connectivity index (χ4n) is 2.38. The van der Waals surface area contributed by atoms with Crippen LogP contribution in [0, 0.1) is 5.41 Å². The van der Waals surface area contributed by atoms with Gasteiger partial charge >= 0.3 is 0 Å². The number of hydrogen-bond donors (Lipinski definition) is 3. The van der Waals surface area contributed by atoms with Crippen molar-refractivity contribution in [2.45, 2.75) is 34.1 Å². The number of rotatable bonds is 8. The van der Waals surface area contributed by atoms with E-state index in [9.17, 15) is 9.59 Å². The Balaban J connectivity index is 0.00000784. The number of carbonyl (C=O) groups is 2. The molecule has 8 heteroatoms. The molecule has 29 heavy (non-hydrogen) atoms. The number of nitrogens with zero attached hydrogens (tertiary/aromatic N) is 2. The molecule has 0 saturated heterocycles. The molecule has 0 aliphatic rings. The van der Waals surface area contributed by atoms with E-state index in [1.165, 1.54) is 0 Å². The highest BCUT2D eigenvalue weighted by Crippen LogP contribution is 2.11. The monoisotopic (exact) mass is 517 g/mol. The number of hydrogen-bond acceptors (Lipinski definition) is 3. The molecule has 0 atom stereocenters. The minimum absolute atomic E-state index is 0. The molecule has 0 fully saturated rings. The maximum atomic E-state index is 12.1. The van der Waals surface area contributed by atoms with E-state index in [1.54, 1.807) is 19.0 Å². The summed E-state index contributed by atoms with van der Waals surface area (Å²) in [5.41, 5.74) is 1.37. The minimum Gasteiger partial charge on any atom is -0.357 e. The first-order valence-electron chi connectivity index (χ1n) is 9.76. The summed E-state index contributed by atoms with van der Waals surface area (Å²) in [6.07, 6.45) is 0.742. The number of benzene rings is 1. The van der Waals surface area contributed by atoms with Gasteiger partial charge in [-0.2, -0.15) is 0 Å². The number of aliphatic imine (C=N–C) groups is 1. The molecule has 1 aromatic rings. The molecule has 0 radical (unpaired) electrons. The summed E-state index contributed by atoms with van der Waals surface area (Å²) in [5, 5.41) is 9.33. The molecule has 3 N–H and O–H groups in total. The lowest BCUT2D eigenvalue weighted by atomic mass is 9.96. The van der Waals surface area contributed by atoms with Gasteiger partial charge < -0.3 is 20.9 Å². The minimum atomic E-state index is -0.388. The topological polar surface area (TPSA) is 85.8 Å². The SMILES string of the molecule is CCNC(=NCCc1cccc(C(=O)N(C)C)c1)NCCNC(=O)C(C)(C)C.I. The first-order valence-corrected chi connectivity index (χ1v) is 9.76. The molecule has 1 rings (SSSR count). The molecule has 0 heterocycles. The maximum Gasteiger partial charge on any atom is 0.253 e. The van der Waals surface area contributed by atoms with Gasteiger partial charge in [-0.25, -0.2) is 0 Å². The number of amides is 2. The number of carbonyl (C=O) groups excluding carboxylic acids is 2. The summed E-state index contributed by atoms with van der Waals surface area (Å²) < 4.78 is 0. The second kappa shape index (κ2) is 13.4. The van der Waals surface area contributed by atoms with Gasteiger partial charge in [0.15, 0.2) is 5.96 Å². The molecular weight excluding hydrogens is 481 g/mol. The number of nitrogens with one attached hydrogen (secondary N) is 3. The average Bonchev–Trinajstić information content (AvgIpc) is 2.63. The summed E-state index contributed by atoms with van der Waals surface area (Å²) in [6, 6.07) is 7.65. The Labute approximate surface area is 192 Å². The zero-order chi connectivity index (χ0) is 21.2. The first kappa shape index (κ1) is 27.2. The van der Waals surface area contributed by atoms with E-state index in [-0.39, 0.29) is 41.2 Å². The van der Waals surface area contributed by atoms with Crippen LogP contribution in [0.4, 0.5) is 0 Å². The largest absolute Gasteiger partial charge is 0.357 e. The van der Waals surface area contributed by atoms with Crippen molar-refractivity contribution in [3.8, 4) is 0 Å². The van der Waals surface area contributed by atoms with Crippen molar-refractivity contribution in [2.75, 3.05) is 40.3 Å². The van der Waals surface area contributed by atoms with Crippen molar-refractivity contribution in [3.63, 3.8) is 0 Å². The van der Waals surface area contributed by atoms with Gasteiger partial charge in [0.25, 0.3) is 5.91 Å². The summed E-state index contributed by atoms with van der Waals surface area (Å²) in [5.74, 6) is 0.745. The molecule has 0 bridgehead atoms. The van der Waals surface area contributed by atoms with Crippen molar-refractivity contribution in [1.29, 1.82) is 0 Å². The number of guanidine groups is 1. The van der Waals surface area contributed by atoms with Crippen LogP contribution in [0.5, 0.6) is 0 Å². The van der Waals surface area contributed by atoms with Gasteiger partial charge in [-0.1, -0.05) is 32.9 Å². The summed E-state index contributed by atoms with van der Waals surface area (Å²) in [7, 11) is 3.50. The molecule has 0 aliphatic carbocycles. The number of halogens is 1. The third kappa shape index (κ3) is 10.5. The molecule has 2 amide bonds. The van der Waals surface area contributed by atoms with E-state index in [4.69, 9.17) is 0 Å².